The molecule has 2 rings (SSSR count). The quantitative estimate of drug-likeness (QED) is 0.816. The van der Waals surface area contributed by atoms with Crippen LogP contribution >= 0.6 is 0 Å². The van der Waals surface area contributed by atoms with E-state index in [1.54, 1.807) is 13.0 Å². The van der Waals surface area contributed by atoms with Gasteiger partial charge in [0.25, 0.3) is 0 Å². The van der Waals surface area contributed by atoms with Gasteiger partial charge in [-0.25, -0.2) is 4.39 Å². The minimum Gasteiger partial charge on any atom is -0.366 e. The van der Waals surface area contributed by atoms with Crippen molar-refractivity contribution in [3.05, 3.63) is 35.1 Å². The second-order valence-corrected chi connectivity index (χ2v) is 4.39. The van der Waals surface area contributed by atoms with Gasteiger partial charge in [0, 0.05) is 12.1 Å². The van der Waals surface area contributed by atoms with Gasteiger partial charge in [-0.15, -0.1) is 0 Å². The van der Waals surface area contributed by atoms with E-state index < -0.39 is 6.10 Å². The van der Waals surface area contributed by atoms with E-state index in [-0.39, 0.29) is 17.7 Å². The maximum atomic E-state index is 13.1. The zero-order chi connectivity index (χ0) is 12.4. The van der Waals surface area contributed by atoms with E-state index in [1.807, 2.05) is 0 Å². The number of benzene rings is 1. The second-order valence-electron chi connectivity index (χ2n) is 4.39. The summed E-state index contributed by atoms with van der Waals surface area (Å²) in [4.78, 5) is 12.1. The van der Waals surface area contributed by atoms with Crippen LogP contribution in [0.3, 0.4) is 0 Å². The average molecular weight is 237 g/mol. The van der Waals surface area contributed by atoms with Gasteiger partial charge in [-0.1, -0.05) is 0 Å². The van der Waals surface area contributed by atoms with Gasteiger partial charge in [-0.3, -0.25) is 4.79 Å². The number of halogens is 1. The van der Waals surface area contributed by atoms with Gasteiger partial charge in [-0.2, -0.15) is 0 Å². The van der Waals surface area contributed by atoms with Crippen molar-refractivity contribution in [3.8, 4) is 0 Å². The normalized spacial score (nSPS) is 23.9. The zero-order valence-electron chi connectivity index (χ0n) is 9.78. The highest BCUT2D eigenvalue weighted by molar-refractivity contribution is 5.99. The molecule has 0 bridgehead atoms. The lowest BCUT2D eigenvalue weighted by atomic mass is 10.0. The third kappa shape index (κ3) is 2.53. The van der Waals surface area contributed by atoms with Crippen molar-refractivity contribution in [3.63, 3.8) is 0 Å². The fourth-order valence-corrected chi connectivity index (χ4v) is 2.06. The van der Waals surface area contributed by atoms with E-state index in [1.165, 1.54) is 12.1 Å². The highest BCUT2D eigenvalue weighted by Gasteiger charge is 2.30. The Labute approximate surface area is 99.8 Å². The Balaban J connectivity index is 2.12. The van der Waals surface area contributed by atoms with E-state index in [2.05, 4.69) is 0 Å². The highest BCUT2D eigenvalue weighted by Crippen LogP contribution is 2.23. The molecule has 2 atom stereocenters. The molecule has 92 valence electrons. The molecule has 1 saturated heterocycles. The SMILES string of the molecule is Cc1cc(C(=O)C2CCC(CN)O2)ccc1F. The molecule has 0 amide bonds. The summed E-state index contributed by atoms with van der Waals surface area (Å²) >= 11 is 0. The van der Waals surface area contributed by atoms with Crippen molar-refractivity contribution >= 4 is 5.78 Å². The van der Waals surface area contributed by atoms with Gasteiger partial charge in [0.15, 0.2) is 5.78 Å². The van der Waals surface area contributed by atoms with Crippen LogP contribution in [-0.4, -0.2) is 24.5 Å². The Morgan fingerprint density at radius 3 is 2.88 bits per heavy atom. The molecule has 0 saturated carbocycles. The summed E-state index contributed by atoms with van der Waals surface area (Å²) in [6.07, 6.45) is 1.06. The number of Topliss-reactive ketones (excluding diaryl/α,β-unsaturated/α-hetero) is 1. The van der Waals surface area contributed by atoms with Crippen LogP contribution in [0.15, 0.2) is 18.2 Å². The number of hydrogen-bond acceptors (Lipinski definition) is 3. The van der Waals surface area contributed by atoms with Gasteiger partial charge in [0.1, 0.15) is 11.9 Å². The van der Waals surface area contributed by atoms with E-state index in [4.69, 9.17) is 10.5 Å². The Hall–Kier alpha value is -1.26. The first-order valence-electron chi connectivity index (χ1n) is 5.77. The molecule has 3 nitrogen and oxygen atoms in total. The van der Waals surface area contributed by atoms with Crippen molar-refractivity contribution in [1.82, 2.24) is 0 Å². The van der Waals surface area contributed by atoms with Gasteiger partial charge < -0.3 is 10.5 Å². The number of carbonyl (C=O) groups excluding carboxylic acids is 1. The van der Waals surface area contributed by atoms with Crippen LogP contribution < -0.4 is 5.73 Å². The van der Waals surface area contributed by atoms with Crippen LogP contribution in [0.1, 0.15) is 28.8 Å². The Morgan fingerprint density at radius 2 is 2.29 bits per heavy atom. The summed E-state index contributed by atoms with van der Waals surface area (Å²) in [6.45, 7) is 2.08. The third-order valence-corrected chi connectivity index (χ3v) is 3.11. The molecule has 0 aliphatic carbocycles. The lowest BCUT2D eigenvalue weighted by molar-refractivity contribution is 0.0404. The molecule has 0 aromatic heterocycles. The summed E-state index contributed by atoms with van der Waals surface area (Å²) < 4.78 is 18.6. The average Bonchev–Trinajstić information content (AvgIpc) is 2.80. The van der Waals surface area contributed by atoms with Crippen molar-refractivity contribution in [2.45, 2.75) is 32.0 Å². The number of nitrogens with two attached hydrogens (primary N) is 1. The minimum atomic E-state index is -0.423. The van der Waals surface area contributed by atoms with Crippen LogP contribution in [0.2, 0.25) is 0 Å². The standard InChI is InChI=1S/C13H16FNO2/c1-8-6-9(2-4-11(8)14)13(16)12-5-3-10(7-15)17-12/h2,4,6,10,12H,3,5,7,15H2,1H3. The van der Waals surface area contributed by atoms with E-state index in [0.717, 1.165) is 6.42 Å². The lowest BCUT2D eigenvalue weighted by Gasteiger charge is -2.11. The van der Waals surface area contributed by atoms with Crippen LogP contribution in [-0.2, 0) is 4.74 Å². The number of rotatable bonds is 3. The molecule has 17 heavy (non-hydrogen) atoms. The molecule has 0 spiro atoms. The fourth-order valence-electron chi connectivity index (χ4n) is 2.06. The maximum Gasteiger partial charge on any atom is 0.191 e. The van der Waals surface area contributed by atoms with Crippen molar-refractivity contribution in [1.29, 1.82) is 0 Å². The summed E-state index contributed by atoms with van der Waals surface area (Å²) in [7, 11) is 0. The fraction of sp³-hybridized carbons (Fsp3) is 0.462. The Morgan fingerprint density at radius 1 is 1.53 bits per heavy atom. The first kappa shape index (κ1) is 12.2. The molecular weight excluding hydrogens is 221 g/mol. The van der Waals surface area contributed by atoms with Crippen LogP contribution in [0, 0.1) is 12.7 Å². The largest absolute Gasteiger partial charge is 0.366 e. The molecule has 1 aliphatic heterocycles. The topological polar surface area (TPSA) is 52.3 Å². The van der Waals surface area contributed by atoms with E-state index in [0.29, 0.717) is 24.1 Å². The monoisotopic (exact) mass is 237 g/mol. The van der Waals surface area contributed by atoms with E-state index >= 15 is 0 Å². The molecule has 1 fully saturated rings. The molecule has 1 aromatic carbocycles. The summed E-state index contributed by atoms with van der Waals surface area (Å²) in [6, 6.07) is 4.39. The maximum absolute atomic E-state index is 13.1. The molecule has 2 unspecified atom stereocenters. The molecule has 1 aliphatic rings. The van der Waals surface area contributed by atoms with Gasteiger partial charge in [0.2, 0.25) is 0 Å². The van der Waals surface area contributed by atoms with Crippen LogP contribution in [0.5, 0.6) is 0 Å². The first-order chi connectivity index (χ1) is 8.11. The van der Waals surface area contributed by atoms with Crippen molar-refractivity contribution in [2.24, 2.45) is 5.73 Å². The Bertz CT molecular complexity index is 433. The number of ketones is 1. The molecule has 2 N–H and O–H groups in total. The highest BCUT2D eigenvalue weighted by atomic mass is 19.1. The van der Waals surface area contributed by atoms with Crippen LogP contribution in [0.4, 0.5) is 4.39 Å². The minimum absolute atomic E-state index is 0.0227. The molecule has 0 radical (unpaired) electrons. The number of aryl methyl sites for hydroxylation is 1. The molecule has 1 heterocycles. The predicted molar refractivity (Wildman–Crippen MR) is 62.4 cm³/mol. The van der Waals surface area contributed by atoms with Gasteiger partial charge >= 0.3 is 0 Å². The van der Waals surface area contributed by atoms with E-state index in [9.17, 15) is 9.18 Å². The zero-order valence-corrected chi connectivity index (χ0v) is 9.78. The van der Waals surface area contributed by atoms with Crippen molar-refractivity contribution in [2.75, 3.05) is 6.54 Å². The number of carbonyl (C=O) groups is 1. The number of ether oxygens (including phenoxy) is 1. The van der Waals surface area contributed by atoms with Crippen molar-refractivity contribution < 1.29 is 13.9 Å². The molecular formula is C13H16FNO2. The number of hydrogen-bond donors (Lipinski definition) is 1. The first-order valence-corrected chi connectivity index (χ1v) is 5.77. The van der Waals surface area contributed by atoms with Gasteiger partial charge in [0.05, 0.1) is 6.10 Å². The third-order valence-electron chi connectivity index (χ3n) is 3.11. The summed E-state index contributed by atoms with van der Waals surface area (Å²) in [5.41, 5.74) is 6.48. The molecule has 4 heteroatoms. The summed E-state index contributed by atoms with van der Waals surface area (Å²) in [5.74, 6) is -0.377. The van der Waals surface area contributed by atoms with Crippen LogP contribution in [0.25, 0.3) is 0 Å². The molecule has 1 aromatic rings. The predicted octanol–water partition coefficient (Wildman–Crippen LogP) is 1.82. The lowest BCUT2D eigenvalue weighted by Crippen LogP contribution is -2.25. The summed E-state index contributed by atoms with van der Waals surface area (Å²) in [5, 5.41) is 0. The van der Waals surface area contributed by atoms with Gasteiger partial charge in [-0.05, 0) is 43.5 Å². The smallest absolute Gasteiger partial charge is 0.191 e. The Kier molecular flexibility index (Phi) is 3.54. The second kappa shape index (κ2) is 4.94.